The van der Waals surface area contributed by atoms with E-state index < -0.39 is 10.0 Å². The Morgan fingerprint density at radius 3 is 2.81 bits per heavy atom. The van der Waals surface area contributed by atoms with Crippen LogP contribution in [-0.2, 0) is 29.5 Å². The van der Waals surface area contributed by atoms with Gasteiger partial charge in [0.05, 0.1) is 19.0 Å². The Kier molecular flexibility index (Phi) is 6.60. The van der Waals surface area contributed by atoms with Crippen LogP contribution in [0.25, 0.3) is 0 Å². The molecule has 0 aliphatic carbocycles. The molecule has 0 radical (unpaired) electrons. The lowest BCUT2D eigenvalue weighted by Crippen LogP contribution is -2.23. The third-order valence-corrected chi connectivity index (χ3v) is 6.67. The fourth-order valence-corrected chi connectivity index (χ4v) is 3.96. The normalized spacial score (nSPS) is 13.3. The molecule has 0 atom stereocenters. The minimum Gasteiger partial charge on any atom is -0.363 e. The second-order valence-electron chi connectivity index (χ2n) is 7.08. The molecule has 0 saturated heterocycles. The number of halogens is 2. The average Bonchev–Trinajstić information content (AvgIpc) is 2.78. The smallest absolute Gasteiger partial charge is 0.247 e. The maximum atomic E-state index is 11.8. The molecule has 2 aromatic heterocycles. The number of benzene rings is 1. The topological polar surface area (TPSA) is 125 Å². The minimum absolute atomic E-state index is 0.00348. The monoisotopic (exact) mass is 494 g/mol. The molecule has 1 aromatic carbocycles. The van der Waals surface area contributed by atoms with E-state index >= 15 is 0 Å². The molecule has 1 aliphatic rings. The van der Waals surface area contributed by atoms with Crippen LogP contribution in [-0.4, -0.2) is 41.2 Å². The maximum absolute atomic E-state index is 11.8. The van der Waals surface area contributed by atoms with Crippen LogP contribution >= 0.6 is 23.4 Å². The predicted molar refractivity (Wildman–Crippen MR) is 125 cm³/mol. The standard InChI is InChI=1S/C19H20Cl2N8O2S/c1-32(30,31)29(21)18-16(23-6-7-24-18)11-25-17-15(20)10-26-19(28-17)27-14-3-2-13-9-22-5-4-12(13)8-14/h2-3,6-8,10,22H,4-5,9,11H2,1H3,(H2,25,26,27,28). The Morgan fingerprint density at radius 1 is 1.19 bits per heavy atom. The van der Waals surface area contributed by atoms with Gasteiger partial charge in [-0.25, -0.2) is 18.4 Å². The zero-order chi connectivity index (χ0) is 22.7. The van der Waals surface area contributed by atoms with Gasteiger partial charge in [-0.2, -0.15) is 8.81 Å². The number of hydrogen-bond acceptors (Lipinski definition) is 9. The summed E-state index contributed by atoms with van der Waals surface area (Å²) in [5.41, 5.74) is 3.75. The quantitative estimate of drug-likeness (QED) is 0.425. The molecule has 168 valence electrons. The summed E-state index contributed by atoms with van der Waals surface area (Å²) < 4.78 is 24.1. The Bertz CT molecular complexity index is 1240. The van der Waals surface area contributed by atoms with Gasteiger partial charge in [0.2, 0.25) is 16.0 Å². The van der Waals surface area contributed by atoms with Crippen LogP contribution in [0, 0.1) is 0 Å². The van der Waals surface area contributed by atoms with E-state index in [1.165, 1.54) is 29.7 Å². The lowest BCUT2D eigenvalue weighted by molar-refractivity contribution is 0.603. The van der Waals surface area contributed by atoms with Crippen molar-refractivity contribution in [3.05, 3.63) is 58.6 Å². The van der Waals surface area contributed by atoms with Crippen molar-refractivity contribution >= 4 is 56.7 Å². The van der Waals surface area contributed by atoms with Crippen LogP contribution in [0.4, 0.5) is 23.3 Å². The number of rotatable bonds is 7. The first kappa shape index (κ1) is 22.5. The molecule has 0 unspecified atom stereocenters. The van der Waals surface area contributed by atoms with E-state index in [1.807, 2.05) is 6.07 Å². The molecule has 0 fully saturated rings. The number of nitrogens with one attached hydrogen (secondary N) is 3. The van der Waals surface area contributed by atoms with E-state index in [2.05, 4.69) is 48.0 Å². The molecule has 0 amide bonds. The highest BCUT2D eigenvalue weighted by Gasteiger charge is 2.21. The fourth-order valence-electron chi connectivity index (χ4n) is 3.19. The van der Waals surface area contributed by atoms with E-state index in [0.29, 0.717) is 26.3 Å². The average molecular weight is 495 g/mol. The highest BCUT2D eigenvalue weighted by atomic mass is 35.5. The third kappa shape index (κ3) is 5.18. The lowest BCUT2D eigenvalue weighted by Gasteiger charge is -2.18. The first-order valence-electron chi connectivity index (χ1n) is 9.63. The molecule has 3 heterocycles. The maximum Gasteiger partial charge on any atom is 0.247 e. The third-order valence-electron chi connectivity index (χ3n) is 4.73. The van der Waals surface area contributed by atoms with Gasteiger partial charge in [-0.15, -0.1) is 0 Å². The van der Waals surface area contributed by atoms with Crippen molar-refractivity contribution in [2.45, 2.75) is 19.5 Å². The Balaban J connectivity index is 1.51. The molecule has 3 N–H and O–H groups in total. The number of sulfonamides is 1. The van der Waals surface area contributed by atoms with Gasteiger partial charge >= 0.3 is 0 Å². The molecule has 0 spiro atoms. The van der Waals surface area contributed by atoms with Crippen molar-refractivity contribution in [1.29, 1.82) is 0 Å². The Labute approximate surface area is 195 Å². The number of aromatic nitrogens is 4. The van der Waals surface area contributed by atoms with Gasteiger partial charge < -0.3 is 16.0 Å². The summed E-state index contributed by atoms with van der Waals surface area (Å²) in [6.07, 6.45) is 6.21. The summed E-state index contributed by atoms with van der Waals surface area (Å²) in [6.45, 7) is 1.90. The highest BCUT2D eigenvalue weighted by Crippen LogP contribution is 2.26. The van der Waals surface area contributed by atoms with E-state index in [-0.39, 0.29) is 12.4 Å². The van der Waals surface area contributed by atoms with Crippen molar-refractivity contribution in [1.82, 2.24) is 25.3 Å². The van der Waals surface area contributed by atoms with E-state index in [1.54, 1.807) is 0 Å². The molecule has 1 aliphatic heterocycles. The lowest BCUT2D eigenvalue weighted by atomic mass is 10.0. The van der Waals surface area contributed by atoms with Crippen LogP contribution in [0.15, 0.2) is 36.8 Å². The van der Waals surface area contributed by atoms with Crippen LogP contribution in [0.5, 0.6) is 0 Å². The second-order valence-corrected chi connectivity index (χ2v) is 9.86. The van der Waals surface area contributed by atoms with Gasteiger partial charge in [0.15, 0.2) is 11.6 Å². The largest absolute Gasteiger partial charge is 0.363 e. The van der Waals surface area contributed by atoms with Crippen molar-refractivity contribution in [2.24, 2.45) is 0 Å². The predicted octanol–water partition coefficient (Wildman–Crippen LogP) is 2.84. The molecule has 13 heteroatoms. The van der Waals surface area contributed by atoms with Crippen LogP contribution < -0.4 is 19.8 Å². The summed E-state index contributed by atoms with van der Waals surface area (Å²) in [6, 6.07) is 6.14. The summed E-state index contributed by atoms with van der Waals surface area (Å²) in [7, 11) is -3.71. The molecule has 10 nitrogen and oxygen atoms in total. The van der Waals surface area contributed by atoms with E-state index in [4.69, 9.17) is 23.4 Å². The molecular formula is C19H20Cl2N8O2S. The van der Waals surface area contributed by atoms with Crippen LogP contribution in [0.1, 0.15) is 16.8 Å². The van der Waals surface area contributed by atoms with Crippen molar-refractivity contribution in [3.8, 4) is 0 Å². The molecule has 3 aromatic rings. The Morgan fingerprint density at radius 2 is 2.00 bits per heavy atom. The number of hydrogen-bond donors (Lipinski definition) is 3. The molecule has 4 rings (SSSR count). The molecular weight excluding hydrogens is 475 g/mol. The van der Waals surface area contributed by atoms with Crippen molar-refractivity contribution < 1.29 is 8.42 Å². The Hall–Kier alpha value is -2.73. The summed E-state index contributed by atoms with van der Waals surface area (Å²) in [5.74, 6) is 0.708. The SMILES string of the molecule is CS(=O)(=O)N(Cl)c1nccnc1CNc1nc(Nc2ccc3c(c2)CCNC3)ncc1Cl. The highest BCUT2D eigenvalue weighted by molar-refractivity contribution is 7.93. The number of anilines is 4. The van der Waals surface area contributed by atoms with Gasteiger partial charge in [0.25, 0.3) is 0 Å². The molecule has 32 heavy (non-hydrogen) atoms. The van der Waals surface area contributed by atoms with Gasteiger partial charge in [0.1, 0.15) is 10.7 Å². The van der Waals surface area contributed by atoms with Gasteiger partial charge in [-0.1, -0.05) is 17.7 Å². The fraction of sp³-hybridized carbons (Fsp3) is 0.263. The first-order chi connectivity index (χ1) is 15.3. The summed E-state index contributed by atoms with van der Waals surface area (Å²) in [5, 5.41) is 9.87. The zero-order valence-electron chi connectivity index (χ0n) is 17.0. The number of fused-ring (bicyclic) bond motifs is 1. The molecule has 0 bridgehead atoms. The number of nitrogens with zero attached hydrogens (tertiary/aromatic N) is 5. The zero-order valence-corrected chi connectivity index (χ0v) is 19.3. The van der Waals surface area contributed by atoms with Gasteiger partial charge in [-0.3, -0.25) is 4.98 Å². The van der Waals surface area contributed by atoms with Gasteiger partial charge in [0, 0.05) is 36.4 Å². The first-order valence-corrected chi connectivity index (χ1v) is 12.2. The summed E-state index contributed by atoms with van der Waals surface area (Å²) in [4.78, 5) is 16.8. The van der Waals surface area contributed by atoms with Crippen molar-refractivity contribution in [2.75, 3.05) is 27.3 Å². The van der Waals surface area contributed by atoms with E-state index in [0.717, 1.165) is 31.5 Å². The van der Waals surface area contributed by atoms with Crippen LogP contribution in [0.2, 0.25) is 5.02 Å². The van der Waals surface area contributed by atoms with Gasteiger partial charge in [-0.05, 0) is 36.2 Å². The van der Waals surface area contributed by atoms with Crippen molar-refractivity contribution in [3.63, 3.8) is 0 Å². The molecule has 0 saturated carbocycles. The van der Waals surface area contributed by atoms with E-state index in [9.17, 15) is 8.42 Å². The minimum atomic E-state index is -3.71. The van der Waals surface area contributed by atoms with Crippen LogP contribution in [0.3, 0.4) is 0 Å². The summed E-state index contributed by atoms with van der Waals surface area (Å²) >= 11 is 12.2. The second kappa shape index (κ2) is 9.41.